The van der Waals surface area contributed by atoms with Crippen LogP contribution in [0.2, 0.25) is 5.02 Å². The van der Waals surface area contributed by atoms with Gasteiger partial charge in [0.1, 0.15) is 0 Å². The molecule has 1 amide bonds. The maximum absolute atomic E-state index is 13.3. The Bertz CT molecular complexity index is 1200. The number of allylic oxidation sites excluding steroid dienone is 1. The van der Waals surface area contributed by atoms with E-state index in [2.05, 4.69) is 23.6 Å². The lowest BCUT2D eigenvalue weighted by Gasteiger charge is -2.22. The summed E-state index contributed by atoms with van der Waals surface area (Å²) in [6, 6.07) is 13.1. The molecule has 182 valence electrons. The highest BCUT2D eigenvalue weighted by atomic mass is 35.5. The van der Waals surface area contributed by atoms with Gasteiger partial charge in [-0.15, -0.1) is 0 Å². The molecule has 0 unspecified atom stereocenters. The number of amides is 1. The van der Waals surface area contributed by atoms with Crippen LogP contribution in [-0.4, -0.2) is 46.3 Å². The van der Waals surface area contributed by atoms with E-state index in [1.165, 1.54) is 11.4 Å². The zero-order valence-corrected chi connectivity index (χ0v) is 21.4. The smallest absolute Gasteiger partial charge is 0.251 e. The van der Waals surface area contributed by atoms with Crippen molar-refractivity contribution in [1.82, 2.24) is 10.6 Å². The lowest BCUT2D eigenvalue weighted by molar-refractivity contribution is 0.0933. The zero-order chi connectivity index (χ0) is 24.5. The second-order valence-electron chi connectivity index (χ2n) is 9.54. The molecule has 8 heteroatoms. The average molecular weight is 502 g/mol. The highest BCUT2D eigenvalue weighted by molar-refractivity contribution is 7.92. The van der Waals surface area contributed by atoms with Gasteiger partial charge in [-0.1, -0.05) is 42.8 Å². The van der Waals surface area contributed by atoms with Crippen LogP contribution in [0.4, 0.5) is 5.69 Å². The number of hydrogen-bond donors (Lipinski definition) is 2. The van der Waals surface area contributed by atoms with Crippen LogP contribution in [0.15, 0.2) is 48.5 Å². The summed E-state index contributed by atoms with van der Waals surface area (Å²) in [5, 5.41) is 7.35. The Morgan fingerprint density at radius 2 is 2.03 bits per heavy atom. The van der Waals surface area contributed by atoms with Gasteiger partial charge in [-0.3, -0.25) is 9.10 Å². The molecule has 1 saturated carbocycles. The normalized spacial score (nSPS) is 24.4. The number of rotatable bonds is 8. The van der Waals surface area contributed by atoms with Gasteiger partial charge in [-0.2, -0.15) is 0 Å². The first-order valence-electron chi connectivity index (χ1n) is 11.7. The predicted octanol–water partition coefficient (Wildman–Crippen LogP) is 4.11. The first-order chi connectivity index (χ1) is 16.1. The predicted molar refractivity (Wildman–Crippen MR) is 139 cm³/mol. The zero-order valence-electron chi connectivity index (χ0n) is 19.8. The summed E-state index contributed by atoms with van der Waals surface area (Å²) in [5.41, 5.74) is 2.85. The van der Waals surface area contributed by atoms with E-state index in [1.54, 1.807) is 12.1 Å². The Labute approximate surface area is 207 Å². The fraction of sp³-hybridized carbons (Fsp3) is 0.423. The van der Waals surface area contributed by atoms with E-state index in [-0.39, 0.29) is 18.0 Å². The van der Waals surface area contributed by atoms with Gasteiger partial charge >= 0.3 is 0 Å². The molecule has 1 aliphatic heterocycles. The molecule has 6 nitrogen and oxygen atoms in total. The van der Waals surface area contributed by atoms with Crippen LogP contribution < -0.4 is 14.9 Å². The van der Waals surface area contributed by atoms with Crippen LogP contribution in [0.3, 0.4) is 0 Å². The maximum atomic E-state index is 13.3. The van der Waals surface area contributed by atoms with Crippen molar-refractivity contribution in [3.05, 3.63) is 70.3 Å². The van der Waals surface area contributed by atoms with E-state index in [9.17, 15) is 13.2 Å². The number of nitrogens with zero attached hydrogens (tertiary/aromatic N) is 1. The van der Waals surface area contributed by atoms with E-state index < -0.39 is 10.0 Å². The lowest BCUT2D eigenvalue weighted by atomic mass is 10.00. The molecule has 2 N–H and O–H groups in total. The Balaban J connectivity index is 1.54. The molecule has 4 atom stereocenters. The van der Waals surface area contributed by atoms with Gasteiger partial charge in [0, 0.05) is 29.7 Å². The second-order valence-corrected chi connectivity index (χ2v) is 12.0. The molecule has 34 heavy (non-hydrogen) atoms. The molecule has 0 spiro atoms. The van der Waals surface area contributed by atoms with Gasteiger partial charge in [0.25, 0.3) is 5.91 Å². The first kappa shape index (κ1) is 24.8. The van der Waals surface area contributed by atoms with Crippen LogP contribution >= 0.6 is 11.6 Å². The third-order valence-electron chi connectivity index (χ3n) is 6.78. The summed E-state index contributed by atoms with van der Waals surface area (Å²) >= 11 is 6.13. The molecular weight excluding hydrogens is 470 g/mol. The minimum atomic E-state index is -3.46. The number of carbonyl (C=O) groups excluding carboxylic acids is 1. The Hall–Kier alpha value is -2.35. The van der Waals surface area contributed by atoms with Gasteiger partial charge in [-0.25, -0.2) is 8.42 Å². The van der Waals surface area contributed by atoms with Crippen molar-refractivity contribution in [2.24, 2.45) is 11.8 Å². The lowest BCUT2D eigenvalue weighted by Crippen LogP contribution is -2.44. The number of carbonyl (C=O) groups is 1. The molecule has 2 aliphatic rings. The van der Waals surface area contributed by atoms with Gasteiger partial charge < -0.3 is 10.6 Å². The van der Waals surface area contributed by atoms with Crippen molar-refractivity contribution in [1.29, 1.82) is 0 Å². The fourth-order valence-corrected chi connectivity index (χ4v) is 5.11. The number of hydrogen-bond acceptors (Lipinski definition) is 4. The van der Waals surface area contributed by atoms with E-state index in [4.69, 9.17) is 11.6 Å². The van der Waals surface area contributed by atoms with Gasteiger partial charge in [0.05, 0.1) is 11.9 Å². The van der Waals surface area contributed by atoms with Crippen molar-refractivity contribution >= 4 is 39.3 Å². The molecule has 2 aromatic carbocycles. The maximum Gasteiger partial charge on any atom is 0.251 e. The van der Waals surface area contributed by atoms with Crippen molar-refractivity contribution in [2.45, 2.75) is 38.3 Å². The van der Waals surface area contributed by atoms with Crippen molar-refractivity contribution in [3.63, 3.8) is 0 Å². The number of nitrogens with one attached hydrogen (secondary N) is 2. The minimum absolute atomic E-state index is 0.0333. The Morgan fingerprint density at radius 1 is 1.26 bits per heavy atom. The van der Waals surface area contributed by atoms with Crippen LogP contribution in [0.1, 0.15) is 41.3 Å². The Morgan fingerprint density at radius 3 is 2.71 bits per heavy atom. The summed E-state index contributed by atoms with van der Waals surface area (Å²) in [4.78, 5) is 13.3. The van der Waals surface area contributed by atoms with E-state index >= 15 is 0 Å². The molecule has 2 fully saturated rings. The third kappa shape index (κ3) is 6.20. The molecule has 2 aromatic rings. The standard InChI is InChI=1S/C26H32ClN3O3S/c1-17-11-20(17)8-7-19-12-21(16-23(14-19)30(2)34(3,32)33)26(31)29-24-9-10-28-25(24)15-18-5-4-6-22(27)13-18/h4-8,12-14,16-17,20,24-25,28H,9-11,15H2,1-3H3,(H,29,31)/b8-7-/t17-,20-,24+,25-/m0/s1. The third-order valence-corrected chi connectivity index (χ3v) is 8.22. The molecule has 1 heterocycles. The van der Waals surface area contributed by atoms with Crippen LogP contribution in [0, 0.1) is 11.8 Å². The van der Waals surface area contributed by atoms with Crippen LogP contribution in [0.25, 0.3) is 6.08 Å². The van der Waals surface area contributed by atoms with Crippen LogP contribution in [-0.2, 0) is 16.4 Å². The number of halogens is 1. The molecule has 1 aliphatic carbocycles. The first-order valence-corrected chi connectivity index (χ1v) is 13.9. The highest BCUT2D eigenvalue weighted by Crippen LogP contribution is 2.39. The SMILES string of the molecule is C[C@H]1C[C@@H]1/C=C\c1cc(C(=O)N[C@@H]2CCN[C@H]2Cc2cccc(Cl)c2)cc(N(C)S(C)(=O)=O)c1. The minimum Gasteiger partial charge on any atom is -0.348 e. The second kappa shape index (κ2) is 10.1. The monoisotopic (exact) mass is 501 g/mol. The van der Waals surface area contributed by atoms with Crippen LogP contribution in [0.5, 0.6) is 0 Å². The van der Waals surface area contributed by atoms with E-state index in [0.717, 1.165) is 43.2 Å². The number of benzene rings is 2. The fourth-order valence-electron chi connectivity index (χ4n) is 4.41. The van der Waals surface area contributed by atoms with E-state index in [1.807, 2.05) is 36.4 Å². The number of sulfonamides is 1. The van der Waals surface area contributed by atoms with Crippen molar-refractivity contribution in [3.8, 4) is 0 Å². The number of anilines is 1. The molecular formula is C26H32ClN3O3S. The average Bonchev–Trinajstić information content (AvgIpc) is 3.33. The highest BCUT2D eigenvalue weighted by Gasteiger charge is 2.30. The summed E-state index contributed by atoms with van der Waals surface area (Å²) in [7, 11) is -1.95. The van der Waals surface area contributed by atoms with Gasteiger partial charge in [0.15, 0.2) is 0 Å². The molecule has 1 saturated heterocycles. The van der Waals surface area contributed by atoms with E-state index in [0.29, 0.717) is 28.1 Å². The molecule has 4 rings (SSSR count). The molecule has 0 bridgehead atoms. The quantitative estimate of drug-likeness (QED) is 0.570. The van der Waals surface area contributed by atoms with Crippen molar-refractivity contribution in [2.75, 3.05) is 24.2 Å². The van der Waals surface area contributed by atoms with Crippen molar-refractivity contribution < 1.29 is 13.2 Å². The topological polar surface area (TPSA) is 78.5 Å². The summed E-state index contributed by atoms with van der Waals surface area (Å²) in [6.07, 6.45) is 8.04. The summed E-state index contributed by atoms with van der Waals surface area (Å²) in [5.74, 6) is 1.01. The molecule has 0 radical (unpaired) electrons. The summed E-state index contributed by atoms with van der Waals surface area (Å²) < 4.78 is 25.5. The van der Waals surface area contributed by atoms with Gasteiger partial charge in [0.2, 0.25) is 10.0 Å². The largest absolute Gasteiger partial charge is 0.348 e. The Kier molecular flexibility index (Phi) is 7.36. The van der Waals surface area contributed by atoms with Gasteiger partial charge in [-0.05, 0) is 79.1 Å². The summed E-state index contributed by atoms with van der Waals surface area (Å²) in [6.45, 7) is 3.03. The molecule has 0 aromatic heterocycles.